The van der Waals surface area contributed by atoms with Crippen LogP contribution in [0.2, 0.25) is 0 Å². The first-order chi connectivity index (χ1) is 18.8. The van der Waals surface area contributed by atoms with Crippen LogP contribution in [0.3, 0.4) is 0 Å². The molecule has 1 aliphatic rings. The van der Waals surface area contributed by atoms with E-state index in [4.69, 9.17) is 4.98 Å². The number of carbonyl (C=O) groups excluding carboxylic acids is 1. The van der Waals surface area contributed by atoms with Gasteiger partial charge in [-0.05, 0) is 92.3 Å². The number of para-hydroxylation sites is 1. The highest BCUT2D eigenvalue weighted by atomic mass is 32.2. The highest BCUT2D eigenvalue weighted by Crippen LogP contribution is 2.32. The van der Waals surface area contributed by atoms with Gasteiger partial charge in [0.2, 0.25) is 5.13 Å². The Balaban J connectivity index is 1.24. The lowest BCUT2D eigenvalue weighted by Gasteiger charge is -2.19. The molecule has 1 amide bonds. The Bertz CT molecular complexity index is 1750. The minimum Gasteiger partial charge on any atom is -0.306 e. The van der Waals surface area contributed by atoms with Gasteiger partial charge in [-0.25, -0.2) is 13.4 Å². The maximum absolute atomic E-state index is 13.1. The van der Waals surface area contributed by atoms with E-state index < -0.39 is 10.0 Å². The Morgan fingerprint density at radius 2 is 1.67 bits per heavy atom. The quantitative estimate of drug-likeness (QED) is 0.287. The molecule has 2 aromatic heterocycles. The Kier molecular flexibility index (Phi) is 6.44. The molecule has 8 nitrogen and oxygen atoms in total. The van der Waals surface area contributed by atoms with Gasteiger partial charge in [0.05, 0.1) is 26.5 Å². The highest BCUT2D eigenvalue weighted by Gasteiger charge is 2.22. The maximum atomic E-state index is 13.1. The van der Waals surface area contributed by atoms with E-state index in [2.05, 4.69) is 22.5 Å². The average Bonchev–Trinajstić information content (AvgIpc) is 3.53. The first kappa shape index (κ1) is 25.3. The zero-order chi connectivity index (χ0) is 27.1. The second kappa shape index (κ2) is 9.94. The third-order valence-electron chi connectivity index (χ3n) is 6.99. The third-order valence-corrected chi connectivity index (χ3v) is 9.78. The number of fused-ring (bicyclic) bond motifs is 2. The summed E-state index contributed by atoms with van der Waals surface area (Å²) in [5.41, 5.74) is 5.34. The van der Waals surface area contributed by atoms with Gasteiger partial charge in [-0.2, -0.15) is 9.78 Å². The molecule has 0 fully saturated rings. The fourth-order valence-corrected chi connectivity index (χ4v) is 7.04. The Labute approximate surface area is 231 Å². The summed E-state index contributed by atoms with van der Waals surface area (Å²) in [5.74, 6) is 0.134. The Hall–Kier alpha value is -4.02. The van der Waals surface area contributed by atoms with Gasteiger partial charge < -0.3 is 5.32 Å². The summed E-state index contributed by atoms with van der Waals surface area (Å²) in [6, 6.07) is 21.0. The van der Waals surface area contributed by atoms with Gasteiger partial charge in [-0.1, -0.05) is 29.5 Å². The molecule has 1 N–H and O–H groups in total. The number of thiazole rings is 1. The lowest BCUT2D eigenvalue weighted by molar-refractivity contribution is 0.102. The van der Waals surface area contributed by atoms with Crippen molar-refractivity contribution in [2.45, 2.75) is 37.5 Å². The van der Waals surface area contributed by atoms with Crippen molar-refractivity contribution in [3.63, 3.8) is 0 Å². The second-order valence-corrected chi connectivity index (χ2v) is 12.6. The lowest BCUT2D eigenvalue weighted by Crippen LogP contribution is -2.26. The van der Waals surface area contributed by atoms with Crippen LogP contribution < -0.4 is 9.62 Å². The molecule has 1 aliphatic carbocycles. The van der Waals surface area contributed by atoms with Gasteiger partial charge in [0.1, 0.15) is 5.82 Å². The molecule has 39 heavy (non-hydrogen) atoms. The number of hydrogen-bond donors (Lipinski definition) is 1. The number of hydrogen-bond acceptors (Lipinski definition) is 6. The van der Waals surface area contributed by atoms with Crippen molar-refractivity contribution in [2.24, 2.45) is 0 Å². The zero-order valence-corrected chi connectivity index (χ0v) is 23.2. The third kappa shape index (κ3) is 4.81. The van der Waals surface area contributed by atoms with E-state index in [1.807, 2.05) is 13.0 Å². The van der Waals surface area contributed by atoms with Gasteiger partial charge >= 0.3 is 0 Å². The molecule has 3 aromatic carbocycles. The van der Waals surface area contributed by atoms with Crippen LogP contribution in [-0.2, 0) is 22.9 Å². The van der Waals surface area contributed by atoms with Gasteiger partial charge in [0.25, 0.3) is 15.9 Å². The fraction of sp³-hybridized carbons (Fsp3) is 0.207. The van der Waals surface area contributed by atoms with Gasteiger partial charge in [0, 0.05) is 18.7 Å². The van der Waals surface area contributed by atoms with Crippen LogP contribution >= 0.6 is 11.3 Å². The van der Waals surface area contributed by atoms with Crippen LogP contribution in [0.1, 0.15) is 40.0 Å². The van der Waals surface area contributed by atoms with Crippen LogP contribution in [0.5, 0.6) is 0 Å². The molecule has 5 aromatic rings. The van der Waals surface area contributed by atoms with Crippen molar-refractivity contribution in [3.8, 4) is 5.13 Å². The average molecular weight is 558 g/mol. The minimum absolute atomic E-state index is 0.100. The van der Waals surface area contributed by atoms with E-state index in [0.717, 1.165) is 28.8 Å². The summed E-state index contributed by atoms with van der Waals surface area (Å²) >= 11 is 1.55. The number of sulfonamides is 1. The highest BCUT2D eigenvalue weighted by molar-refractivity contribution is 7.92. The number of amides is 1. The predicted octanol–water partition coefficient (Wildman–Crippen LogP) is 5.75. The fourth-order valence-electron chi connectivity index (χ4n) is 4.87. The number of rotatable bonds is 6. The lowest BCUT2D eigenvalue weighted by atomic mass is 9.92. The number of benzene rings is 3. The standard InChI is InChI=1S/C29H27N5O3S2/c1-19-16-27(34(32-19)29-30-25-17-21-8-6-7-9-22(21)18-26(25)38-29)31-28(35)20-12-14-24(15-13-20)39(36,37)33(2)23-10-4-3-5-11-23/h3-5,10-18H,6-9H2,1-2H3,(H,31,35). The Morgan fingerprint density at radius 1 is 0.974 bits per heavy atom. The van der Waals surface area contributed by atoms with Crippen LogP contribution in [0.15, 0.2) is 77.7 Å². The van der Waals surface area contributed by atoms with Gasteiger partial charge in [0.15, 0.2) is 0 Å². The SMILES string of the molecule is Cc1cc(NC(=O)c2ccc(S(=O)(=O)N(C)c3ccccc3)cc2)n(-c2nc3cc4c(cc3s2)CCCC4)n1. The van der Waals surface area contributed by atoms with E-state index in [1.54, 1.807) is 46.4 Å². The monoisotopic (exact) mass is 557 g/mol. The van der Waals surface area contributed by atoms with E-state index in [0.29, 0.717) is 22.2 Å². The van der Waals surface area contributed by atoms with Gasteiger partial charge in [-0.15, -0.1) is 0 Å². The van der Waals surface area contributed by atoms with Crippen molar-refractivity contribution < 1.29 is 13.2 Å². The zero-order valence-electron chi connectivity index (χ0n) is 21.6. The van der Waals surface area contributed by atoms with Crippen LogP contribution in [0.25, 0.3) is 15.3 Å². The van der Waals surface area contributed by atoms with Crippen LogP contribution in [-0.4, -0.2) is 36.1 Å². The molecule has 0 saturated heterocycles. The molecular formula is C29H27N5O3S2. The van der Waals surface area contributed by atoms with E-state index in [9.17, 15) is 13.2 Å². The predicted molar refractivity (Wildman–Crippen MR) is 155 cm³/mol. The molecule has 6 rings (SSSR count). The molecule has 0 spiro atoms. The summed E-state index contributed by atoms with van der Waals surface area (Å²) < 4.78 is 30.1. The molecule has 0 aliphatic heterocycles. The molecule has 0 bridgehead atoms. The van der Waals surface area contributed by atoms with E-state index in [1.165, 1.54) is 59.6 Å². The Morgan fingerprint density at radius 3 is 2.38 bits per heavy atom. The second-order valence-electron chi connectivity index (χ2n) is 9.66. The molecule has 10 heteroatoms. The van der Waals surface area contributed by atoms with Crippen molar-refractivity contribution in [2.75, 3.05) is 16.7 Å². The van der Waals surface area contributed by atoms with E-state index >= 15 is 0 Å². The number of nitrogens with one attached hydrogen (secondary N) is 1. The summed E-state index contributed by atoms with van der Waals surface area (Å²) in [6.45, 7) is 1.86. The van der Waals surface area contributed by atoms with Crippen molar-refractivity contribution in [3.05, 3.63) is 95.2 Å². The normalized spacial score (nSPS) is 13.3. The van der Waals surface area contributed by atoms with Crippen LogP contribution in [0, 0.1) is 6.92 Å². The first-order valence-corrected chi connectivity index (χ1v) is 15.0. The number of aryl methyl sites for hydroxylation is 3. The number of carbonyl (C=O) groups is 1. The summed E-state index contributed by atoms with van der Waals surface area (Å²) in [4.78, 5) is 18.1. The molecular weight excluding hydrogens is 530 g/mol. The molecule has 198 valence electrons. The number of aromatic nitrogens is 3. The summed E-state index contributed by atoms with van der Waals surface area (Å²) in [6.07, 6.45) is 4.61. The molecule has 0 unspecified atom stereocenters. The summed E-state index contributed by atoms with van der Waals surface area (Å²) in [7, 11) is -2.27. The number of nitrogens with zero attached hydrogens (tertiary/aromatic N) is 4. The van der Waals surface area contributed by atoms with Crippen molar-refractivity contribution in [1.82, 2.24) is 14.8 Å². The first-order valence-electron chi connectivity index (χ1n) is 12.7. The van der Waals surface area contributed by atoms with Crippen molar-refractivity contribution >= 4 is 49.0 Å². The molecule has 0 atom stereocenters. The topological polar surface area (TPSA) is 97.2 Å². The van der Waals surface area contributed by atoms with Gasteiger partial charge in [-0.3, -0.25) is 9.10 Å². The van der Waals surface area contributed by atoms with E-state index in [-0.39, 0.29) is 10.8 Å². The molecule has 0 radical (unpaired) electrons. The van der Waals surface area contributed by atoms with Crippen LogP contribution in [0.4, 0.5) is 11.5 Å². The largest absolute Gasteiger partial charge is 0.306 e. The minimum atomic E-state index is -3.77. The summed E-state index contributed by atoms with van der Waals surface area (Å²) in [5, 5.41) is 8.18. The molecule has 0 saturated carbocycles. The smallest absolute Gasteiger partial charge is 0.264 e. The molecule has 2 heterocycles. The van der Waals surface area contributed by atoms with Crippen molar-refractivity contribution in [1.29, 1.82) is 0 Å². The maximum Gasteiger partial charge on any atom is 0.264 e. The number of anilines is 2.